The van der Waals surface area contributed by atoms with Gasteiger partial charge in [-0.25, -0.2) is 4.79 Å². The molecule has 6 heteroatoms. The van der Waals surface area contributed by atoms with Crippen molar-refractivity contribution in [2.75, 3.05) is 13.7 Å². The number of hydrogen-bond acceptors (Lipinski definition) is 5. The number of amides is 1. The quantitative estimate of drug-likeness (QED) is 0.670. The van der Waals surface area contributed by atoms with E-state index in [0.29, 0.717) is 12.3 Å². The first-order chi connectivity index (χ1) is 13.4. The van der Waals surface area contributed by atoms with Crippen LogP contribution in [0.3, 0.4) is 0 Å². The molecule has 1 unspecified atom stereocenters. The van der Waals surface area contributed by atoms with Gasteiger partial charge in [-0.1, -0.05) is 44.2 Å². The Labute approximate surface area is 165 Å². The molecule has 0 radical (unpaired) electrons. The zero-order valence-corrected chi connectivity index (χ0v) is 16.7. The zero-order valence-electron chi connectivity index (χ0n) is 16.7. The summed E-state index contributed by atoms with van der Waals surface area (Å²) in [5, 5.41) is 2.74. The van der Waals surface area contributed by atoms with Gasteiger partial charge in [0.25, 0.3) is 5.91 Å². The lowest BCUT2D eigenvalue weighted by Gasteiger charge is -2.16. The molecule has 0 fully saturated rings. The van der Waals surface area contributed by atoms with Gasteiger partial charge < -0.3 is 19.5 Å². The van der Waals surface area contributed by atoms with Crippen molar-refractivity contribution in [3.05, 3.63) is 59.7 Å². The van der Waals surface area contributed by atoms with Crippen LogP contribution in [-0.4, -0.2) is 31.7 Å². The van der Waals surface area contributed by atoms with E-state index in [4.69, 9.17) is 14.2 Å². The fourth-order valence-electron chi connectivity index (χ4n) is 2.59. The molecular weight excluding hydrogens is 358 g/mol. The third kappa shape index (κ3) is 6.30. The van der Waals surface area contributed by atoms with Crippen LogP contribution in [0.1, 0.15) is 37.8 Å². The molecule has 0 bridgehead atoms. The lowest BCUT2D eigenvalue weighted by Crippen LogP contribution is -2.36. The van der Waals surface area contributed by atoms with Gasteiger partial charge in [-0.3, -0.25) is 4.79 Å². The molecule has 2 aromatic rings. The van der Waals surface area contributed by atoms with Gasteiger partial charge in [-0.05, 0) is 42.2 Å². The van der Waals surface area contributed by atoms with E-state index in [9.17, 15) is 9.59 Å². The lowest BCUT2D eigenvalue weighted by molar-refractivity contribution is -0.156. The van der Waals surface area contributed by atoms with Gasteiger partial charge in [-0.2, -0.15) is 0 Å². The van der Waals surface area contributed by atoms with Crippen LogP contribution in [0, 0.1) is 0 Å². The maximum atomic E-state index is 12.1. The van der Waals surface area contributed by atoms with Crippen LogP contribution in [0.4, 0.5) is 0 Å². The maximum absolute atomic E-state index is 12.1. The Hall–Kier alpha value is -3.02. The molecule has 2 aromatic carbocycles. The standard InChI is InChI=1S/C22H27NO5/c1-15(2)19-7-5-6-8-20(19)27-14-21(24)28-16(3)22(25)23-13-17-9-11-18(26-4)12-10-17/h5-12,15-16H,13-14H2,1-4H3,(H,23,25). The van der Waals surface area contributed by atoms with Gasteiger partial charge in [0.1, 0.15) is 11.5 Å². The van der Waals surface area contributed by atoms with Crippen molar-refractivity contribution >= 4 is 11.9 Å². The molecule has 0 saturated carbocycles. The Balaban J connectivity index is 1.78. The summed E-state index contributed by atoms with van der Waals surface area (Å²) in [5.74, 6) is 0.703. The Morgan fingerprint density at radius 1 is 1.00 bits per heavy atom. The molecular formula is C22H27NO5. The molecule has 150 valence electrons. The predicted octanol–water partition coefficient (Wildman–Crippen LogP) is 3.45. The highest BCUT2D eigenvalue weighted by atomic mass is 16.6. The molecule has 0 spiro atoms. The molecule has 0 aliphatic carbocycles. The van der Waals surface area contributed by atoms with Gasteiger partial charge in [0.05, 0.1) is 7.11 Å². The zero-order chi connectivity index (χ0) is 20.5. The summed E-state index contributed by atoms with van der Waals surface area (Å²) in [4.78, 5) is 24.2. The molecule has 0 aromatic heterocycles. The number of hydrogen-bond donors (Lipinski definition) is 1. The van der Waals surface area contributed by atoms with E-state index < -0.39 is 12.1 Å². The van der Waals surface area contributed by atoms with Crippen LogP contribution in [0.15, 0.2) is 48.5 Å². The van der Waals surface area contributed by atoms with Crippen molar-refractivity contribution in [2.24, 2.45) is 0 Å². The fraction of sp³-hybridized carbons (Fsp3) is 0.364. The number of methoxy groups -OCH3 is 1. The molecule has 0 heterocycles. The van der Waals surface area contributed by atoms with Crippen LogP contribution < -0.4 is 14.8 Å². The van der Waals surface area contributed by atoms with Crippen LogP contribution >= 0.6 is 0 Å². The maximum Gasteiger partial charge on any atom is 0.344 e. The molecule has 28 heavy (non-hydrogen) atoms. The van der Waals surface area contributed by atoms with Crippen LogP contribution in [0.25, 0.3) is 0 Å². The van der Waals surface area contributed by atoms with Crippen molar-refractivity contribution in [3.8, 4) is 11.5 Å². The third-order valence-corrected chi connectivity index (χ3v) is 4.19. The first-order valence-corrected chi connectivity index (χ1v) is 9.22. The predicted molar refractivity (Wildman–Crippen MR) is 106 cm³/mol. The molecule has 6 nitrogen and oxygen atoms in total. The average Bonchev–Trinajstić information content (AvgIpc) is 2.70. The Morgan fingerprint density at radius 3 is 2.32 bits per heavy atom. The average molecular weight is 385 g/mol. The summed E-state index contributed by atoms with van der Waals surface area (Å²) in [6.45, 7) is 5.72. The molecule has 0 saturated heterocycles. The van der Waals surface area contributed by atoms with E-state index in [1.807, 2.05) is 48.5 Å². The highest BCUT2D eigenvalue weighted by molar-refractivity contribution is 5.83. The summed E-state index contributed by atoms with van der Waals surface area (Å²) in [5.41, 5.74) is 1.93. The normalized spacial score (nSPS) is 11.6. The van der Waals surface area contributed by atoms with Crippen LogP contribution in [0.5, 0.6) is 11.5 Å². The largest absolute Gasteiger partial charge is 0.497 e. The van der Waals surface area contributed by atoms with Crippen LogP contribution in [0.2, 0.25) is 0 Å². The smallest absolute Gasteiger partial charge is 0.344 e. The topological polar surface area (TPSA) is 73.9 Å². The highest BCUT2D eigenvalue weighted by Gasteiger charge is 2.18. The number of ether oxygens (including phenoxy) is 3. The van der Waals surface area contributed by atoms with E-state index in [2.05, 4.69) is 19.2 Å². The molecule has 1 N–H and O–H groups in total. The number of nitrogens with one attached hydrogen (secondary N) is 1. The summed E-state index contributed by atoms with van der Waals surface area (Å²) < 4.78 is 15.8. The molecule has 1 amide bonds. The summed E-state index contributed by atoms with van der Waals surface area (Å²) >= 11 is 0. The monoisotopic (exact) mass is 385 g/mol. The Kier molecular flexibility index (Phi) is 7.87. The van der Waals surface area contributed by atoms with E-state index >= 15 is 0 Å². The van der Waals surface area contributed by atoms with Gasteiger partial charge >= 0.3 is 5.97 Å². The van der Waals surface area contributed by atoms with Gasteiger partial charge in [0.2, 0.25) is 0 Å². The first kappa shape index (κ1) is 21.3. The minimum atomic E-state index is -0.908. The van der Waals surface area contributed by atoms with Gasteiger partial charge in [0, 0.05) is 6.54 Å². The molecule has 1 atom stereocenters. The first-order valence-electron chi connectivity index (χ1n) is 9.22. The number of para-hydroxylation sites is 1. The van der Waals surface area contributed by atoms with E-state index in [1.165, 1.54) is 6.92 Å². The Bertz CT molecular complexity index is 786. The van der Waals surface area contributed by atoms with Crippen molar-refractivity contribution in [1.29, 1.82) is 0 Å². The van der Waals surface area contributed by atoms with Crippen molar-refractivity contribution in [2.45, 2.75) is 39.3 Å². The number of carbonyl (C=O) groups is 2. The Morgan fingerprint density at radius 2 is 1.68 bits per heavy atom. The van der Waals surface area contributed by atoms with Gasteiger partial charge in [0.15, 0.2) is 12.7 Å². The summed E-state index contributed by atoms with van der Waals surface area (Å²) in [6.07, 6.45) is -0.908. The van der Waals surface area contributed by atoms with Crippen molar-refractivity contribution in [1.82, 2.24) is 5.32 Å². The van der Waals surface area contributed by atoms with E-state index in [0.717, 1.165) is 16.9 Å². The molecule has 0 aliphatic rings. The summed E-state index contributed by atoms with van der Waals surface area (Å²) in [7, 11) is 1.60. The number of esters is 1. The van der Waals surface area contributed by atoms with Gasteiger partial charge in [-0.15, -0.1) is 0 Å². The second-order valence-electron chi connectivity index (χ2n) is 6.68. The van der Waals surface area contributed by atoms with E-state index in [1.54, 1.807) is 7.11 Å². The van der Waals surface area contributed by atoms with Crippen molar-refractivity contribution < 1.29 is 23.8 Å². The highest BCUT2D eigenvalue weighted by Crippen LogP contribution is 2.25. The van der Waals surface area contributed by atoms with E-state index in [-0.39, 0.29) is 18.4 Å². The second-order valence-corrected chi connectivity index (χ2v) is 6.68. The minimum absolute atomic E-state index is 0.250. The second kappa shape index (κ2) is 10.3. The lowest BCUT2D eigenvalue weighted by atomic mass is 10.0. The fourth-order valence-corrected chi connectivity index (χ4v) is 2.59. The van der Waals surface area contributed by atoms with Crippen LogP contribution in [-0.2, 0) is 20.9 Å². The summed E-state index contributed by atoms with van der Waals surface area (Å²) in [6, 6.07) is 14.9. The SMILES string of the molecule is COc1ccc(CNC(=O)C(C)OC(=O)COc2ccccc2C(C)C)cc1. The molecule has 0 aliphatic heterocycles. The van der Waals surface area contributed by atoms with Crippen molar-refractivity contribution in [3.63, 3.8) is 0 Å². The number of rotatable bonds is 9. The third-order valence-electron chi connectivity index (χ3n) is 4.19. The number of benzene rings is 2. The minimum Gasteiger partial charge on any atom is -0.497 e. The molecule has 2 rings (SSSR count). The number of carbonyl (C=O) groups excluding carboxylic acids is 2.